The normalized spacial score (nSPS) is 42.8. The molecule has 0 aromatic heterocycles. The Kier molecular flexibility index (Phi) is 7.26. The van der Waals surface area contributed by atoms with Crippen LogP contribution in [-0.2, 0) is 19.1 Å². The van der Waals surface area contributed by atoms with Gasteiger partial charge in [0.15, 0.2) is 0 Å². The summed E-state index contributed by atoms with van der Waals surface area (Å²) in [5.74, 6) is -0.482. The molecule has 0 unspecified atom stereocenters. The van der Waals surface area contributed by atoms with Gasteiger partial charge < -0.3 is 24.8 Å². The molecule has 3 aliphatic carbocycles. The molecule has 3 fully saturated rings. The first-order chi connectivity index (χ1) is 16.7. The molecular formula is C29H44O7. The molecule has 0 aromatic carbocycles. The lowest BCUT2D eigenvalue weighted by atomic mass is 9.38. The third kappa shape index (κ3) is 4.79. The number of aliphatic hydroxyl groups is 3. The van der Waals surface area contributed by atoms with Crippen LogP contribution in [0.4, 0.5) is 0 Å². The minimum atomic E-state index is -1.31. The lowest BCUT2D eigenvalue weighted by molar-refractivity contribution is -0.215. The number of carbonyl (C=O) groups is 2. The van der Waals surface area contributed by atoms with E-state index in [-0.39, 0.29) is 35.2 Å². The number of hydrogen-bond donors (Lipinski definition) is 3. The van der Waals surface area contributed by atoms with Crippen molar-refractivity contribution in [1.82, 2.24) is 0 Å². The van der Waals surface area contributed by atoms with Crippen LogP contribution in [0, 0.1) is 34.0 Å². The number of hydrogen-bond acceptors (Lipinski definition) is 7. The van der Waals surface area contributed by atoms with E-state index in [0.29, 0.717) is 23.8 Å². The average Bonchev–Trinajstić information content (AvgIpc) is 3.07. The second kappa shape index (κ2) is 9.55. The predicted molar refractivity (Wildman–Crippen MR) is 134 cm³/mol. The van der Waals surface area contributed by atoms with E-state index in [1.165, 1.54) is 32.3 Å². The van der Waals surface area contributed by atoms with Gasteiger partial charge in [0.05, 0.1) is 12.5 Å². The molecule has 8 atom stereocenters. The fourth-order valence-corrected chi connectivity index (χ4v) is 8.71. The van der Waals surface area contributed by atoms with Crippen molar-refractivity contribution in [1.29, 1.82) is 0 Å². The van der Waals surface area contributed by atoms with Crippen molar-refractivity contribution in [3.63, 3.8) is 0 Å². The summed E-state index contributed by atoms with van der Waals surface area (Å²) in [7, 11) is 0. The first-order valence-electron chi connectivity index (χ1n) is 13.6. The molecule has 1 heterocycles. The van der Waals surface area contributed by atoms with Crippen LogP contribution in [0.5, 0.6) is 0 Å². The summed E-state index contributed by atoms with van der Waals surface area (Å²) in [5, 5.41) is 31.7. The first kappa shape index (κ1) is 27.3. The Morgan fingerprint density at radius 2 is 1.83 bits per heavy atom. The molecule has 0 amide bonds. The van der Waals surface area contributed by atoms with E-state index in [1.54, 1.807) is 6.08 Å². The number of aliphatic hydroxyl groups excluding tert-OH is 2. The Morgan fingerprint density at radius 3 is 2.47 bits per heavy atom. The maximum Gasteiger partial charge on any atom is 0.333 e. The second-order valence-electron chi connectivity index (χ2n) is 13.1. The van der Waals surface area contributed by atoms with Crippen LogP contribution in [0.2, 0.25) is 0 Å². The lowest BCUT2D eigenvalue weighted by Gasteiger charge is -2.67. The SMILES string of the molecule is C[C@H](O)CC(=O)OC[C@]1(O)CC[C@H]2[C@]3(C)CCCC(C)(C)[C@H]3CC[C@@]2(C)[C@@H]1/C=C/C1=CC(=O)O[C@@H]1O. The molecule has 0 aromatic rings. The van der Waals surface area contributed by atoms with Gasteiger partial charge in [-0.1, -0.05) is 46.3 Å². The molecule has 0 saturated heterocycles. The fraction of sp³-hybridized carbons (Fsp3) is 0.793. The van der Waals surface area contributed by atoms with Gasteiger partial charge in [-0.2, -0.15) is 0 Å². The molecule has 0 bridgehead atoms. The highest BCUT2D eigenvalue weighted by Gasteiger charge is 2.64. The van der Waals surface area contributed by atoms with Crippen LogP contribution in [-0.4, -0.2) is 51.9 Å². The number of ether oxygens (including phenoxy) is 2. The minimum absolute atomic E-state index is 0.121. The number of cyclic esters (lactones) is 1. The van der Waals surface area contributed by atoms with Crippen LogP contribution in [0.15, 0.2) is 23.8 Å². The zero-order valence-electron chi connectivity index (χ0n) is 22.5. The topological polar surface area (TPSA) is 113 Å². The third-order valence-electron chi connectivity index (χ3n) is 10.2. The van der Waals surface area contributed by atoms with E-state index in [4.69, 9.17) is 9.47 Å². The number of fused-ring (bicyclic) bond motifs is 3. The van der Waals surface area contributed by atoms with Gasteiger partial charge in [0.2, 0.25) is 6.29 Å². The van der Waals surface area contributed by atoms with Crippen LogP contribution < -0.4 is 0 Å². The van der Waals surface area contributed by atoms with E-state index in [9.17, 15) is 24.9 Å². The van der Waals surface area contributed by atoms with Crippen LogP contribution >= 0.6 is 0 Å². The molecule has 3 N–H and O–H groups in total. The maximum absolute atomic E-state index is 12.3. The summed E-state index contributed by atoms with van der Waals surface area (Å²) < 4.78 is 10.3. The highest BCUT2D eigenvalue weighted by molar-refractivity contribution is 5.86. The van der Waals surface area contributed by atoms with Crippen LogP contribution in [0.1, 0.15) is 86.0 Å². The van der Waals surface area contributed by atoms with E-state index >= 15 is 0 Å². The van der Waals surface area contributed by atoms with E-state index < -0.39 is 29.9 Å². The van der Waals surface area contributed by atoms with Gasteiger partial charge >= 0.3 is 11.9 Å². The molecule has 4 rings (SSSR count). The van der Waals surface area contributed by atoms with Crippen molar-refractivity contribution in [3.8, 4) is 0 Å². The zero-order valence-corrected chi connectivity index (χ0v) is 22.5. The highest BCUT2D eigenvalue weighted by Crippen LogP contribution is 2.69. The first-order valence-corrected chi connectivity index (χ1v) is 13.6. The molecule has 7 heteroatoms. The van der Waals surface area contributed by atoms with Crippen molar-refractivity contribution in [2.45, 2.75) is 104 Å². The summed E-state index contributed by atoms with van der Waals surface area (Å²) in [6, 6.07) is 0. The largest absolute Gasteiger partial charge is 0.463 e. The Balaban J connectivity index is 1.68. The number of carbonyl (C=O) groups excluding carboxylic acids is 2. The zero-order chi connectivity index (χ0) is 26.5. The molecule has 4 aliphatic rings. The summed E-state index contributed by atoms with van der Waals surface area (Å²) in [5.41, 5.74) is -0.763. The Bertz CT molecular complexity index is 936. The fourth-order valence-electron chi connectivity index (χ4n) is 8.71. The quantitative estimate of drug-likeness (QED) is 0.468. The standard InChI is InChI=1S/C29H44O7/c1-18(30)15-23(31)35-17-29(34)14-10-21-27(4)12-6-11-26(2,3)20(27)9-13-28(21,5)22(29)8-7-19-16-24(32)36-25(19)33/h7-8,16,18,20-22,25,30,33-34H,6,9-15,17H2,1-5H3/b8-7+/t18-,20+,21-,22-,25-,27+,28+,29+/m0/s1. The number of rotatable bonds is 6. The lowest BCUT2D eigenvalue weighted by Crippen LogP contribution is -2.63. The van der Waals surface area contributed by atoms with Crippen molar-refractivity contribution >= 4 is 11.9 Å². The average molecular weight is 505 g/mol. The van der Waals surface area contributed by atoms with Gasteiger partial charge in [0.1, 0.15) is 12.2 Å². The highest BCUT2D eigenvalue weighted by atomic mass is 16.6. The summed E-state index contributed by atoms with van der Waals surface area (Å²) in [4.78, 5) is 23.9. The second-order valence-corrected chi connectivity index (χ2v) is 13.1. The monoisotopic (exact) mass is 504 g/mol. The van der Waals surface area contributed by atoms with Gasteiger partial charge in [-0.25, -0.2) is 4.79 Å². The van der Waals surface area contributed by atoms with Crippen molar-refractivity contribution in [2.24, 2.45) is 34.0 Å². The van der Waals surface area contributed by atoms with Crippen LogP contribution in [0.3, 0.4) is 0 Å². The van der Waals surface area contributed by atoms with Gasteiger partial charge in [0, 0.05) is 17.6 Å². The molecule has 3 saturated carbocycles. The van der Waals surface area contributed by atoms with Gasteiger partial charge in [-0.05, 0) is 73.5 Å². The summed E-state index contributed by atoms with van der Waals surface area (Å²) >= 11 is 0. The van der Waals surface area contributed by atoms with E-state index in [1.807, 2.05) is 6.08 Å². The smallest absolute Gasteiger partial charge is 0.333 e. The maximum atomic E-state index is 12.3. The molecule has 0 radical (unpaired) electrons. The van der Waals surface area contributed by atoms with Crippen LogP contribution in [0.25, 0.3) is 0 Å². The number of esters is 2. The Hall–Kier alpha value is -1.70. The van der Waals surface area contributed by atoms with E-state index in [2.05, 4.69) is 27.7 Å². The third-order valence-corrected chi connectivity index (χ3v) is 10.2. The van der Waals surface area contributed by atoms with Crippen molar-refractivity contribution in [2.75, 3.05) is 6.61 Å². The predicted octanol–water partition coefficient (Wildman–Crippen LogP) is 4.05. The molecular weight excluding hydrogens is 460 g/mol. The minimum Gasteiger partial charge on any atom is -0.463 e. The van der Waals surface area contributed by atoms with Gasteiger partial charge in [0.25, 0.3) is 0 Å². The van der Waals surface area contributed by atoms with Crippen molar-refractivity contribution < 1.29 is 34.4 Å². The Labute approximate surface area is 214 Å². The van der Waals surface area contributed by atoms with Gasteiger partial charge in [-0.3, -0.25) is 4.79 Å². The Morgan fingerprint density at radius 1 is 1.14 bits per heavy atom. The van der Waals surface area contributed by atoms with Gasteiger partial charge in [-0.15, -0.1) is 0 Å². The molecule has 7 nitrogen and oxygen atoms in total. The summed E-state index contributed by atoms with van der Waals surface area (Å²) in [6.07, 6.45) is 9.59. The molecule has 36 heavy (non-hydrogen) atoms. The summed E-state index contributed by atoms with van der Waals surface area (Å²) in [6.45, 7) is 10.9. The molecule has 0 spiro atoms. The van der Waals surface area contributed by atoms with Crippen molar-refractivity contribution in [3.05, 3.63) is 23.8 Å². The molecule has 1 aliphatic heterocycles. The molecule has 202 valence electrons. The van der Waals surface area contributed by atoms with E-state index in [0.717, 1.165) is 19.3 Å².